The van der Waals surface area contributed by atoms with Gasteiger partial charge in [0.1, 0.15) is 0 Å². The number of benzene rings is 1. The zero-order valence-corrected chi connectivity index (χ0v) is 14.2. The molecule has 2 heterocycles. The van der Waals surface area contributed by atoms with Crippen LogP contribution < -0.4 is 10.9 Å². The number of ether oxygens (including phenoxy) is 1. The largest absolute Gasteiger partial charge is 0.379 e. The number of carbonyl (C=O) groups is 1. The Bertz CT molecular complexity index is 835. The van der Waals surface area contributed by atoms with Gasteiger partial charge in [0, 0.05) is 48.6 Å². The highest BCUT2D eigenvalue weighted by molar-refractivity contribution is 6.06. The molecule has 1 saturated carbocycles. The van der Waals surface area contributed by atoms with Gasteiger partial charge in [-0.1, -0.05) is 18.2 Å². The molecule has 0 atom stereocenters. The molecule has 0 unspecified atom stereocenters. The first-order valence-corrected chi connectivity index (χ1v) is 8.86. The van der Waals surface area contributed by atoms with E-state index < -0.39 is 0 Å². The lowest BCUT2D eigenvalue weighted by Gasteiger charge is -2.30. The van der Waals surface area contributed by atoms with Gasteiger partial charge in [-0.25, -0.2) is 0 Å². The normalized spacial score (nSPS) is 19.7. The van der Waals surface area contributed by atoms with Crippen molar-refractivity contribution in [2.24, 2.45) is 5.41 Å². The number of aromatic amines is 1. The van der Waals surface area contributed by atoms with Crippen LogP contribution in [-0.4, -0.2) is 55.2 Å². The summed E-state index contributed by atoms with van der Waals surface area (Å²) in [4.78, 5) is 29.7. The Balaban J connectivity index is 1.44. The summed E-state index contributed by atoms with van der Waals surface area (Å²) in [7, 11) is 0. The van der Waals surface area contributed by atoms with Gasteiger partial charge >= 0.3 is 0 Å². The average Bonchev–Trinajstić information content (AvgIpc) is 3.41. The Morgan fingerprint density at radius 3 is 2.64 bits per heavy atom. The minimum Gasteiger partial charge on any atom is -0.379 e. The van der Waals surface area contributed by atoms with Crippen LogP contribution in [0, 0.1) is 5.41 Å². The van der Waals surface area contributed by atoms with Crippen LogP contribution in [0.4, 0.5) is 0 Å². The van der Waals surface area contributed by atoms with E-state index in [0.717, 1.165) is 45.7 Å². The number of nitrogens with zero attached hydrogens (tertiary/aromatic N) is 1. The van der Waals surface area contributed by atoms with E-state index in [1.807, 2.05) is 12.1 Å². The van der Waals surface area contributed by atoms with Gasteiger partial charge in [-0.2, -0.15) is 0 Å². The van der Waals surface area contributed by atoms with Crippen molar-refractivity contribution in [2.75, 3.05) is 39.4 Å². The fourth-order valence-corrected chi connectivity index (χ4v) is 3.56. The molecule has 0 bridgehead atoms. The van der Waals surface area contributed by atoms with Gasteiger partial charge in [-0.3, -0.25) is 14.5 Å². The van der Waals surface area contributed by atoms with Crippen LogP contribution >= 0.6 is 0 Å². The van der Waals surface area contributed by atoms with E-state index in [0.29, 0.717) is 22.9 Å². The van der Waals surface area contributed by atoms with Gasteiger partial charge < -0.3 is 15.0 Å². The minimum atomic E-state index is -0.168. The maximum absolute atomic E-state index is 12.7. The second kappa shape index (κ2) is 6.61. The lowest BCUT2D eigenvalue weighted by atomic mass is 10.0. The van der Waals surface area contributed by atoms with Crippen molar-refractivity contribution >= 4 is 16.7 Å². The van der Waals surface area contributed by atoms with Gasteiger partial charge in [0.05, 0.1) is 18.8 Å². The highest BCUT2D eigenvalue weighted by Gasteiger charge is 2.44. The summed E-state index contributed by atoms with van der Waals surface area (Å²) >= 11 is 0. The van der Waals surface area contributed by atoms with Crippen LogP contribution in [0.3, 0.4) is 0 Å². The number of pyridine rings is 1. The Hall–Kier alpha value is -2.18. The van der Waals surface area contributed by atoms with Gasteiger partial charge in [-0.15, -0.1) is 0 Å². The maximum atomic E-state index is 12.7. The summed E-state index contributed by atoms with van der Waals surface area (Å²) in [6, 6.07) is 7.21. The SMILES string of the molecule is O=C(NCC1(CN2CCOCC2)CC1)c1c[nH]c(=O)c2ccccc12. The Morgan fingerprint density at radius 1 is 1.20 bits per heavy atom. The lowest BCUT2D eigenvalue weighted by molar-refractivity contribution is 0.0283. The first-order chi connectivity index (χ1) is 12.2. The second-order valence-corrected chi connectivity index (χ2v) is 7.15. The van der Waals surface area contributed by atoms with Gasteiger partial charge in [0.15, 0.2) is 0 Å². The fourth-order valence-electron chi connectivity index (χ4n) is 3.56. The van der Waals surface area contributed by atoms with E-state index in [-0.39, 0.29) is 16.9 Å². The molecule has 2 aliphatic rings. The summed E-state index contributed by atoms with van der Waals surface area (Å²) < 4.78 is 5.40. The predicted octanol–water partition coefficient (Wildman–Crippen LogP) is 1.37. The third kappa shape index (κ3) is 3.45. The van der Waals surface area contributed by atoms with E-state index in [2.05, 4.69) is 15.2 Å². The van der Waals surface area contributed by atoms with Crippen molar-refractivity contribution in [3.63, 3.8) is 0 Å². The number of carbonyl (C=O) groups excluding carboxylic acids is 1. The molecule has 1 aromatic carbocycles. The van der Waals surface area contributed by atoms with Crippen LogP contribution in [0.1, 0.15) is 23.2 Å². The maximum Gasteiger partial charge on any atom is 0.255 e. The van der Waals surface area contributed by atoms with E-state index >= 15 is 0 Å². The first-order valence-electron chi connectivity index (χ1n) is 8.86. The monoisotopic (exact) mass is 341 g/mol. The van der Waals surface area contributed by atoms with Gasteiger partial charge in [0.2, 0.25) is 0 Å². The number of aromatic nitrogens is 1. The molecule has 132 valence electrons. The fraction of sp³-hybridized carbons (Fsp3) is 0.474. The summed E-state index contributed by atoms with van der Waals surface area (Å²) in [5.41, 5.74) is 0.556. The highest BCUT2D eigenvalue weighted by atomic mass is 16.5. The summed E-state index contributed by atoms with van der Waals surface area (Å²) in [6.45, 7) is 5.23. The molecule has 1 aliphatic carbocycles. The quantitative estimate of drug-likeness (QED) is 0.861. The van der Waals surface area contributed by atoms with Crippen LogP contribution in [0.15, 0.2) is 35.3 Å². The van der Waals surface area contributed by atoms with Crippen molar-refractivity contribution < 1.29 is 9.53 Å². The molecule has 25 heavy (non-hydrogen) atoms. The molecule has 2 aromatic rings. The molecule has 6 nitrogen and oxygen atoms in total. The number of nitrogens with one attached hydrogen (secondary N) is 2. The smallest absolute Gasteiger partial charge is 0.255 e. The van der Waals surface area contributed by atoms with Crippen molar-refractivity contribution in [3.05, 3.63) is 46.4 Å². The summed E-state index contributed by atoms with van der Waals surface area (Å²) in [5, 5.41) is 4.33. The molecule has 1 amide bonds. The third-order valence-corrected chi connectivity index (χ3v) is 5.30. The number of fused-ring (bicyclic) bond motifs is 1. The number of hydrogen-bond donors (Lipinski definition) is 2. The molecule has 1 aromatic heterocycles. The van der Waals surface area contributed by atoms with Crippen LogP contribution in [0.5, 0.6) is 0 Å². The molecule has 4 rings (SSSR count). The predicted molar refractivity (Wildman–Crippen MR) is 95.8 cm³/mol. The third-order valence-electron chi connectivity index (χ3n) is 5.30. The number of rotatable bonds is 5. The van der Waals surface area contributed by atoms with Crippen LogP contribution in [0.2, 0.25) is 0 Å². The molecule has 1 saturated heterocycles. The van der Waals surface area contributed by atoms with E-state index in [4.69, 9.17) is 4.74 Å². The van der Waals surface area contributed by atoms with E-state index in [1.54, 1.807) is 12.1 Å². The van der Waals surface area contributed by atoms with E-state index in [1.165, 1.54) is 6.20 Å². The molecule has 1 aliphatic heterocycles. The Morgan fingerprint density at radius 2 is 1.92 bits per heavy atom. The Kier molecular flexibility index (Phi) is 4.31. The van der Waals surface area contributed by atoms with Crippen LogP contribution in [0.25, 0.3) is 10.8 Å². The van der Waals surface area contributed by atoms with Crippen molar-refractivity contribution in [3.8, 4) is 0 Å². The first kappa shape index (κ1) is 16.3. The van der Waals surface area contributed by atoms with Crippen molar-refractivity contribution in [1.29, 1.82) is 0 Å². The molecular formula is C19H23N3O3. The zero-order valence-electron chi connectivity index (χ0n) is 14.2. The van der Waals surface area contributed by atoms with Crippen molar-refractivity contribution in [1.82, 2.24) is 15.2 Å². The van der Waals surface area contributed by atoms with Crippen molar-refractivity contribution in [2.45, 2.75) is 12.8 Å². The average molecular weight is 341 g/mol. The second-order valence-electron chi connectivity index (χ2n) is 7.15. The number of hydrogen-bond acceptors (Lipinski definition) is 4. The topological polar surface area (TPSA) is 74.4 Å². The minimum absolute atomic E-state index is 0.124. The highest BCUT2D eigenvalue weighted by Crippen LogP contribution is 2.45. The number of morpholine rings is 1. The molecular weight excluding hydrogens is 318 g/mol. The molecule has 2 N–H and O–H groups in total. The summed E-state index contributed by atoms with van der Waals surface area (Å²) in [5.74, 6) is -0.124. The zero-order chi connectivity index (χ0) is 17.3. The lowest BCUT2D eigenvalue weighted by Crippen LogP contribution is -2.43. The van der Waals surface area contributed by atoms with Gasteiger partial charge in [0.25, 0.3) is 11.5 Å². The van der Waals surface area contributed by atoms with Crippen LogP contribution in [-0.2, 0) is 4.74 Å². The number of amides is 1. The molecule has 0 spiro atoms. The molecule has 0 radical (unpaired) electrons. The molecule has 6 heteroatoms. The van der Waals surface area contributed by atoms with E-state index in [9.17, 15) is 9.59 Å². The Labute approximate surface area is 146 Å². The number of H-pyrrole nitrogens is 1. The molecule has 2 fully saturated rings. The van der Waals surface area contributed by atoms with Gasteiger partial charge in [-0.05, 0) is 18.9 Å². The standard InChI is InChI=1S/C19H23N3O3/c23-17-15-4-2-1-3-14(15)16(11-20-17)18(24)21-12-19(5-6-19)13-22-7-9-25-10-8-22/h1-4,11H,5-10,12-13H2,(H,20,23)(H,21,24). The summed E-state index contributed by atoms with van der Waals surface area (Å²) in [6.07, 6.45) is 3.82.